The van der Waals surface area contributed by atoms with Crippen LogP contribution in [0, 0.1) is 0 Å². The average Bonchev–Trinajstić information content (AvgIpc) is 2.23. The van der Waals surface area contributed by atoms with Gasteiger partial charge in [0.1, 0.15) is 13.1 Å². The molecule has 9 heteroatoms. The number of carboxylic acid groups (broad SMARTS) is 1. The van der Waals surface area contributed by atoms with Crippen LogP contribution >= 0.6 is 0 Å². The molecule has 1 N–H and O–H groups in total. The van der Waals surface area contributed by atoms with Crippen molar-refractivity contribution < 1.29 is 32.6 Å². The van der Waals surface area contributed by atoms with Crippen LogP contribution in [0.25, 0.3) is 0 Å². The van der Waals surface area contributed by atoms with Crippen LogP contribution in [0.15, 0.2) is 0 Å². The van der Waals surface area contributed by atoms with E-state index in [2.05, 4.69) is 0 Å². The molecule has 0 aromatic carbocycles. The molecule has 0 bridgehead atoms. The number of ether oxygens (including phenoxy) is 1. The largest absolute Gasteiger partial charge is 0.480 e. The molecule has 0 aromatic heterocycles. The summed E-state index contributed by atoms with van der Waals surface area (Å²) in [6, 6.07) is -0.938. The Hall–Kier alpha value is -1.51. The first-order chi connectivity index (χ1) is 9.08. The number of carboxylic acids is 1. The summed E-state index contributed by atoms with van der Waals surface area (Å²) in [6.45, 7) is 1.09. The zero-order valence-electron chi connectivity index (χ0n) is 11.2. The van der Waals surface area contributed by atoms with Gasteiger partial charge in [-0.3, -0.25) is 4.79 Å². The van der Waals surface area contributed by atoms with E-state index in [1.807, 2.05) is 0 Å². The van der Waals surface area contributed by atoms with Gasteiger partial charge in [0.25, 0.3) is 0 Å². The maximum atomic E-state index is 12.4. The van der Waals surface area contributed by atoms with E-state index in [1.165, 1.54) is 4.90 Å². The first-order valence-electron chi connectivity index (χ1n) is 6.06. The topological polar surface area (TPSA) is 70.1 Å². The number of hydrogen-bond donors (Lipinski definition) is 1. The van der Waals surface area contributed by atoms with Crippen molar-refractivity contribution in [3.8, 4) is 0 Å². The van der Waals surface area contributed by atoms with Gasteiger partial charge in [-0.25, -0.2) is 4.79 Å². The number of rotatable bonds is 3. The van der Waals surface area contributed by atoms with Crippen LogP contribution in [-0.4, -0.2) is 71.5 Å². The lowest BCUT2D eigenvalue weighted by Gasteiger charge is -2.38. The number of urea groups is 1. The Balaban J connectivity index is 2.78. The summed E-state index contributed by atoms with van der Waals surface area (Å²) in [5, 5.41) is 8.63. The number of carbonyl (C=O) groups is 2. The normalized spacial score (nSPS) is 23.6. The molecule has 1 saturated heterocycles. The van der Waals surface area contributed by atoms with Crippen molar-refractivity contribution in [2.75, 3.05) is 26.2 Å². The average molecular weight is 298 g/mol. The lowest BCUT2D eigenvalue weighted by atomic mass is 10.2. The maximum Gasteiger partial charge on any atom is 0.406 e. The van der Waals surface area contributed by atoms with Crippen LogP contribution < -0.4 is 0 Å². The number of nitrogens with zero attached hydrogens (tertiary/aromatic N) is 2. The Morgan fingerprint density at radius 2 is 1.80 bits per heavy atom. The van der Waals surface area contributed by atoms with Crippen LogP contribution in [0.2, 0.25) is 0 Å². The standard InChI is InChI=1S/C11H17F3N2O4/c1-7-3-15(4-8(2)20-7)10(19)16(5-9(17)18)6-11(12,13)14/h7-8H,3-6H2,1-2H3,(H,17,18)/t7-,8+. The van der Waals surface area contributed by atoms with Crippen LogP contribution in [-0.2, 0) is 9.53 Å². The van der Waals surface area contributed by atoms with Crippen molar-refractivity contribution in [1.29, 1.82) is 0 Å². The fourth-order valence-electron chi connectivity index (χ4n) is 2.10. The van der Waals surface area contributed by atoms with Gasteiger partial charge >= 0.3 is 18.2 Å². The second-order valence-corrected chi connectivity index (χ2v) is 4.81. The van der Waals surface area contributed by atoms with Crippen LogP contribution in [0.3, 0.4) is 0 Å². The third kappa shape index (κ3) is 5.24. The molecule has 0 unspecified atom stereocenters. The van der Waals surface area contributed by atoms with Gasteiger partial charge in [-0.05, 0) is 13.8 Å². The van der Waals surface area contributed by atoms with Crippen molar-refractivity contribution in [3.05, 3.63) is 0 Å². The van der Waals surface area contributed by atoms with Gasteiger partial charge in [0.2, 0.25) is 0 Å². The molecule has 1 aliphatic heterocycles. The molecule has 1 rings (SSSR count). The molecule has 116 valence electrons. The molecule has 0 radical (unpaired) electrons. The van der Waals surface area contributed by atoms with E-state index < -0.39 is 31.3 Å². The summed E-state index contributed by atoms with van der Waals surface area (Å²) in [4.78, 5) is 24.1. The van der Waals surface area contributed by atoms with E-state index in [0.29, 0.717) is 0 Å². The molecule has 2 atom stereocenters. The van der Waals surface area contributed by atoms with E-state index in [4.69, 9.17) is 9.84 Å². The second-order valence-electron chi connectivity index (χ2n) is 4.81. The van der Waals surface area contributed by atoms with E-state index >= 15 is 0 Å². The quantitative estimate of drug-likeness (QED) is 0.849. The van der Waals surface area contributed by atoms with Crippen molar-refractivity contribution in [1.82, 2.24) is 9.80 Å². The molecule has 2 amide bonds. The number of aliphatic carboxylic acids is 1. The molecular weight excluding hydrogens is 281 g/mol. The van der Waals surface area contributed by atoms with Gasteiger partial charge in [0.05, 0.1) is 12.2 Å². The number of alkyl halides is 3. The lowest BCUT2D eigenvalue weighted by molar-refractivity contribution is -0.150. The first-order valence-corrected chi connectivity index (χ1v) is 6.06. The molecule has 0 aliphatic carbocycles. The smallest absolute Gasteiger partial charge is 0.406 e. The van der Waals surface area contributed by atoms with Crippen molar-refractivity contribution in [2.24, 2.45) is 0 Å². The zero-order valence-corrected chi connectivity index (χ0v) is 11.2. The van der Waals surface area contributed by atoms with Gasteiger partial charge in [0.15, 0.2) is 0 Å². The van der Waals surface area contributed by atoms with Gasteiger partial charge in [-0.2, -0.15) is 13.2 Å². The monoisotopic (exact) mass is 298 g/mol. The molecule has 1 aliphatic rings. The molecule has 1 fully saturated rings. The van der Waals surface area contributed by atoms with Crippen molar-refractivity contribution >= 4 is 12.0 Å². The fraction of sp³-hybridized carbons (Fsp3) is 0.818. The third-order valence-electron chi connectivity index (χ3n) is 2.66. The number of halogens is 3. The number of hydrogen-bond acceptors (Lipinski definition) is 3. The molecular formula is C11H17F3N2O4. The van der Waals surface area contributed by atoms with E-state index in [1.54, 1.807) is 13.8 Å². The van der Waals surface area contributed by atoms with Crippen molar-refractivity contribution in [3.63, 3.8) is 0 Å². The molecule has 6 nitrogen and oxygen atoms in total. The highest BCUT2D eigenvalue weighted by atomic mass is 19.4. The van der Waals surface area contributed by atoms with Gasteiger partial charge in [-0.1, -0.05) is 0 Å². The molecule has 0 spiro atoms. The predicted octanol–water partition coefficient (Wildman–Crippen LogP) is 1.16. The minimum atomic E-state index is -4.64. The minimum absolute atomic E-state index is 0.136. The Labute approximate surface area is 114 Å². The van der Waals surface area contributed by atoms with Crippen molar-refractivity contribution in [2.45, 2.75) is 32.2 Å². The van der Waals surface area contributed by atoms with Gasteiger partial charge < -0.3 is 19.6 Å². The van der Waals surface area contributed by atoms with E-state index in [0.717, 1.165) is 0 Å². The Kier molecular flexibility index (Phi) is 5.21. The summed E-state index contributed by atoms with van der Waals surface area (Å²) < 4.78 is 42.6. The molecule has 1 heterocycles. The van der Waals surface area contributed by atoms with Crippen LogP contribution in [0.5, 0.6) is 0 Å². The third-order valence-corrected chi connectivity index (χ3v) is 2.66. The summed E-state index contributed by atoms with van der Waals surface area (Å²) in [5.41, 5.74) is 0. The Morgan fingerprint density at radius 3 is 2.20 bits per heavy atom. The maximum absolute atomic E-state index is 12.4. The van der Waals surface area contributed by atoms with E-state index in [-0.39, 0.29) is 30.2 Å². The Bertz CT molecular complexity index is 365. The number of morpholine rings is 1. The highest BCUT2D eigenvalue weighted by molar-refractivity contribution is 5.80. The zero-order chi connectivity index (χ0) is 15.5. The summed E-state index contributed by atoms with van der Waals surface area (Å²) >= 11 is 0. The highest BCUT2D eigenvalue weighted by Gasteiger charge is 2.37. The van der Waals surface area contributed by atoms with Gasteiger partial charge in [0, 0.05) is 13.1 Å². The first kappa shape index (κ1) is 16.5. The fourth-order valence-corrected chi connectivity index (χ4v) is 2.10. The van der Waals surface area contributed by atoms with E-state index in [9.17, 15) is 22.8 Å². The summed E-state index contributed by atoms with van der Waals surface area (Å²) in [6.07, 6.45) is -5.25. The summed E-state index contributed by atoms with van der Waals surface area (Å²) in [5.74, 6) is -1.49. The molecule has 20 heavy (non-hydrogen) atoms. The minimum Gasteiger partial charge on any atom is -0.480 e. The van der Waals surface area contributed by atoms with Crippen LogP contribution in [0.1, 0.15) is 13.8 Å². The second kappa shape index (κ2) is 6.29. The SMILES string of the molecule is C[C@@H]1CN(C(=O)N(CC(=O)O)CC(F)(F)F)C[C@H](C)O1. The predicted molar refractivity (Wildman–Crippen MR) is 62.2 cm³/mol. The summed E-state index contributed by atoms with van der Waals surface area (Å²) in [7, 11) is 0. The highest BCUT2D eigenvalue weighted by Crippen LogP contribution is 2.19. The van der Waals surface area contributed by atoms with Crippen LogP contribution in [0.4, 0.5) is 18.0 Å². The number of amides is 2. The Morgan fingerprint density at radius 1 is 1.30 bits per heavy atom. The molecule has 0 saturated carbocycles. The molecule has 0 aromatic rings. The lowest BCUT2D eigenvalue weighted by Crippen LogP contribution is -2.55. The number of carbonyl (C=O) groups excluding carboxylic acids is 1. The van der Waals surface area contributed by atoms with Gasteiger partial charge in [-0.15, -0.1) is 0 Å².